The predicted octanol–water partition coefficient (Wildman–Crippen LogP) is 4.93. The Kier molecular flexibility index (Phi) is 7.20. The number of anilines is 1. The Morgan fingerprint density at radius 3 is 2.42 bits per heavy atom. The van der Waals surface area contributed by atoms with E-state index >= 15 is 0 Å². The molecule has 0 unspecified atom stereocenters. The van der Waals surface area contributed by atoms with Crippen LogP contribution in [0.25, 0.3) is 6.08 Å². The zero-order valence-electron chi connectivity index (χ0n) is 17.1. The largest absolute Gasteiger partial charge is 0.490 e. The van der Waals surface area contributed by atoms with Crippen molar-refractivity contribution in [2.75, 3.05) is 18.1 Å². The number of benzene rings is 2. The molecule has 3 rings (SSSR count). The van der Waals surface area contributed by atoms with E-state index in [-0.39, 0.29) is 10.7 Å². The van der Waals surface area contributed by atoms with Gasteiger partial charge in [0, 0.05) is 5.02 Å². The lowest BCUT2D eigenvalue weighted by atomic mass is 10.1. The second-order valence-electron chi connectivity index (χ2n) is 6.59. The van der Waals surface area contributed by atoms with Crippen LogP contribution in [0, 0.1) is 6.92 Å². The van der Waals surface area contributed by atoms with Crippen LogP contribution >= 0.6 is 35.4 Å². The average Bonchev–Trinajstić information content (AvgIpc) is 2.70. The number of hydrogen-bond acceptors (Lipinski definition) is 5. The summed E-state index contributed by atoms with van der Waals surface area (Å²) in [5.74, 6) is -0.348. The van der Waals surface area contributed by atoms with E-state index in [1.807, 2.05) is 20.8 Å². The summed E-state index contributed by atoms with van der Waals surface area (Å²) in [6.45, 7) is 6.32. The van der Waals surface area contributed by atoms with Gasteiger partial charge >= 0.3 is 0 Å². The molecule has 0 spiro atoms. The molecule has 1 saturated heterocycles. The highest BCUT2D eigenvalue weighted by molar-refractivity contribution is 7.80. The van der Waals surface area contributed by atoms with Gasteiger partial charge in [-0.1, -0.05) is 29.3 Å². The molecule has 0 atom stereocenters. The molecule has 0 radical (unpaired) electrons. The summed E-state index contributed by atoms with van der Waals surface area (Å²) < 4.78 is 11.2. The number of rotatable bonds is 6. The van der Waals surface area contributed by atoms with Crippen molar-refractivity contribution in [3.05, 3.63) is 57.1 Å². The number of aryl methyl sites for hydroxylation is 1. The lowest BCUT2D eigenvalue weighted by Gasteiger charge is -2.29. The summed E-state index contributed by atoms with van der Waals surface area (Å²) in [5, 5.41) is 3.31. The SMILES string of the molecule is CCOc1cc(/C=C2\C(=O)NC(=S)N(c3ccc(C)c(Cl)c3)C2=O)cc(Cl)c1OCC. The molecule has 2 amide bonds. The molecule has 31 heavy (non-hydrogen) atoms. The van der Waals surface area contributed by atoms with E-state index in [2.05, 4.69) is 5.32 Å². The van der Waals surface area contributed by atoms with Gasteiger partial charge < -0.3 is 9.47 Å². The lowest BCUT2D eigenvalue weighted by molar-refractivity contribution is -0.122. The first-order chi connectivity index (χ1) is 14.8. The average molecular weight is 479 g/mol. The maximum atomic E-state index is 13.2. The summed E-state index contributed by atoms with van der Waals surface area (Å²) in [6.07, 6.45) is 1.44. The molecule has 1 fully saturated rings. The van der Waals surface area contributed by atoms with E-state index in [1.165, 1.54) is 11.0 Å². The molecule has 0 bridgehead atoms. The van der Waals surface area contributed by atoms with Crippen molar-refractivity contribution in [2.24, 2.45) is 0 Å². The summed E-state index contributed by atoms with van der Waals surface area (Å²) in [6, 6.07) is 8.36. The van der Waals surface area contributed by atoms with E-state index in [9.17, 15) is 9.59 Å². The van der Waals surface area contributed by atoms with Crippen LogP contribution in [0.5, 0.6) is 11.5 Å². The Hall–Kier alpha value is -2.61. The first-order valence-corrected chi connectivity index (χ1v) is 10.7. The van der Waals surface area contributed by atoms with Crippen LogP contribution in [-0.2, 0) is 9.59 Å². The van der Waals surface area contributed by atoms with Crippen molar-refractivity contribution < 1.29 is 19.1 Å². The fourth-order valence-corrected chi connectivity index (χ4v) is 3.73. The molecule has 1 aliphatic rings. The quantitative estimate of drug-likeness (QED) is 0.362. The zero-order chi connectivity index (χ0) is 22.7. The van der Waals surface area contributed by atoms with Gasteiger partial charge in [0.25, 0.3) is 11.8 Å². The minimum absolute atomic E-state index is 0.0215. The van der Waals surface area contributed by atoms with Gasteiger partial charge in [0.15, 0.2) is 16.6 Å². The van der Waals surface area contributed by atoms with Crippen LogP contribution in [0.15, 0.2) is 35.9 Å². The lowest BCUT2D eigenvalue weighted by Crippen LogP contribution is -2.54. The smallest absolute Gasteiger partial charge is 0.270 e. The molecule has 2 aromatic rings. The number of amides is 2. The maximum Gasteiger partial charge on any atom is 0.270 e. The highest BCUT2D eigenvalue weighted by atomic mass is 35.5. The second-order valence-corrected chi connectivity index (χ2v) is 7.79. The third-order valence-electron chi connectivity index (χ3n) is 4.45. The summed E-state index contributed by atoms with van der Waals surface area (Å²) in [7, 11) is 0. The first-order valence-electron chi connectivity index (χ1n) is 9.53. The molecular formula is C22H20Cl2N2O4S. The van der Waals surface area contributed by atoms with Crippen LogP contribution in [0.1, 0.15) is 25.0 Å². The van der Waals surface area contributed by atoms with Crippen LogP contribution in [-0.4, -0.2) is 30.1 Å². The number of carbonyl (C=O) groups excluding carboxylic acids is 2. The number of hydrogen-bond donors (Lipinski definition) is 1. The Morgan fingerprint density at radius 1 is 1.06 bits per heavy atom. The highest BCUT2D eigenvalue weighted by Crippen LogP contribution is 2.37. The monoisotopic (exact) mass is 478 g/mol. The van der Waals surface area contributed by atoms with Gasteiger partial charge in [0.1, 0.15) is 5.57 Å². The molecule has 0 aromatic heterocycles. The molecule has 162 valence electrons. The Balaban J connectivity index is 2.04. The number of halogens is 2. The molecule has 1 aliphatic heterocycles. The van der Waals surface area contributed by atoms with Gasteiger partial charge in [-0.05, 0) is 74.5 Å². The van der Waals surface area contributed by atoms with E-state index in [4.69, 9.17) is 44.9 Å². The minimum atomic E-state index is -0.604. The highest BCUT2D eigenvalue weighted by Gasteiger charge is 2.34. The van der Waals surface area contributed by atoms with Gasteiger partial charge in [0.2, 0.25) is 0 Å². The Bertz CT molecular complexity index is 1100. The van der Waals surface area contributed by atoms with Gasteiger partial charge in [-0.25, -0.2) is 0 Å². The third-order valence-corrected chi connectivity index (χ3v) is 5.42. The van der Waals surface area contributed by atoms with E-state index in [0.717, 1.165) is 5.56 Å². The van der Waals surface area contributed by atoms with Crippen LogP contribution in [0.2, 0.25) is 10.0 Å². The summed E-state index contributed by atoms with van der Waals surface area (Å²) >= 11 is 17.8. The van der Waals surface area contributed by atoms with Crippen molar-refractivity contribution in [1.29, 1.82) is 0 Å². The van der Waals surface area contributed by atoms with Crippen molar-refractivity contribution in [2.45, 2.75) is 20.8 Å². The van der Waals surface area contributed by atoms with E-state index in [1.54, 1.807) is 30.3 Å². The third kappa shape index (κ3) is 4.84. The van der Waals surface area contributed by atoms with Crippen molar-refractivity contribution in [3.8, 4) is 11.5 Å². The fraction of sp³-hybridized carbons (Fsp3) is 0.227. The number of nitrogens with zero attached hydrogens (tertiary/aromatic N) is 1. The fourth-order valence-electron chi connectivity index (χ4n) is 3.00. The van der Waals surface area contributed by atoms with Crippen LogP contribution in [0.4, 0.5) is 5.69 Å². The molecule has 9 heteroatoms. The van der Waals surface area contributed by atoms with Gasteiger partial charge in [-0.3, -0.25) is 19.8 Å². The summed E-state index contributed by atoms with van der Waals surface area (Å²) in [4.78, 5) is 27.0. The predicted molar refractivity (Wildman–Crippen MR) is 126 cm³/mol. The van der Waals surface area contributed by atoms with E-state index in [0.29, 0.717) is 46.0 Å². The van der Waals surface area contributed by atoms with Crippen molar-refractivity contribution in [3.63, 3.8) is 0 Å². The van der Waals surface area contributed by atoms with E-state index < -0.39 is 11.8 Å². The van der Waals surface area contributed by atoms with Crippen LogP contribution < -0.4 is 19.7 Å². The van der Waals surface area contributed by atoms with Gasteiger partial charge in [-0.2, -0.15) is 0 Å². The Labute approximate surface area is 195 Å². The van der Waals surface area contributed by atoms with Crippen LogP contribution in [0.3, 0.4) is 0 Å². The van der Waals surface area contributed by atoms with Crippen molar-refractivity contribution in [1.82, 2.24) is 5.32 Å². The molecule has 1 N–H and O–H groups in total. The topological polar surface area (TPSA) is 67.9 Å². The Morgan fingerprint density at radius 2 is 1.77 bits per heavy atom. The number of thiocarbonyl (C=S) groups is 1. The minimum Gasteiger partial charge on any atom is -0.490 e. The van der Waals surface area contributed by atoms with Gasteiger partial charge in [0.05, 0.1) is 23.9 Å². The maximum absolute atomic E-state index is 13.2. The molecule has 1 heterocycles. The molecule has 0 aliphatic carbocycles. The zero-order valence-corrected chi connectivity index (χ0v) is 19.5. The normalized spacial score (nSPS) is 15.3. The number of carbonyl (C=O) groups is 2. The molecule has 6 nitrogen and oxygen atoms in total. The van der Waals surface area contributed by atoms with Gasteiger partial charge in [-0.15, -0.1) is 0 Å². The standard InChI is InChI=1S/C22H20Cl2N2O4S/c1-4-29-18-10-13(9-17(24)19(18)30-5-2)8-15-20(27)25-22(31)26(21(15)28)14-7-6-12(3)16(23)11-14/h6-11H,4-5H2,1-3H3,(H,25,27,31)/b15-8+. The molecule has 0 saturated carbocycles. The van der Waals surface area contributed by atoms with Crippen molar-refractivity contribution >= 4 is 64.1 Å². The first kappa shape index (κ1) is 23.1. The molecule has 2 aromatic carbocycles. The summed E-state index contributed by atoms with van der Waals surface area (Å²) in [5.41, 5.74) is 1.71. The molecular weight excluding hydrogens is 459 g/mol. The number of nitrogens with one attached hydrogen (secondary N) is 1. The number of ether oxygens (including phenoxy) is 2. The second kappa shape index (κ2) is 9.68.